The van der Waals surface area contributed by atoms with Crippen LogP contribution in [0.3, 0.4) is 0 Å². The van der Waals surface area contributed by atoms with E-state index < -0.39 is 0 Å². The van der Waals surface area contributed by atoms with Gasteiger partial charge in [-0.15, -0.1) is 11.8 Å². The van der Waals surface area contributed by atoms with E-state index in [0.29, 0.717) is 0 Å². The van der Waals surface area contributed by atoms with Crippen molar-refractivity contribution in [2.24, 2.45) is 5.73 Å². The minimum absolute atomic E-state index is 0.151. The molecule has 1 aliphatic carbocycles. The van der Waals surface area contributed by atoms with Gasteiger partial charge in [-0.1, -0.05) is 6.92 Å². The Morgan fingerprint density at radius 1 is 1.41 bits per heavy atom. The lowest BCUT2D eigenvalue weighted by Crippen LogP contribution is -2.43. The molecule has 1 aliphatic rings. The molecule has 0 saturated heterocycles. The van der Waals surface area contributed by atoms with Crippen molar-refractivity contribution >= 4 is 11.8 Å². The van der Waals surface area contributed by atoms with Crippen LogP contribution in [0.4, 0.5) is 0 Å². The fourth-order valence-corrected chi connectivity index (χ4v) is 3.15. The van der Waals surface area contributed by atoms with Gasteiger partial charge in [0, 0.05) is 16.0 Å². The summed E-state index contributed by atoms with van der Waals surface area (Å²) in [5, 5.41) is 0. The van der Waals surface area contributed by atoms with Crippen molar-refractivity contribution in [3.63, 3.8) is 0 Å². The molecule has 1 aromatic carbocycles. The third-order valence-electron chi connectivity index (χ3n) is 3.77. The first-order valence-corrected chi connectivity index (χ1v) is 7.41. The number of nitrogens with two attached hydrogens (primary N) is 1. The van der Waals surface area contributed by atoms with E-state index in [1.54, 1.807) is 18.9 Å². The van der Waals surface area contributed by atoms with Crippen molar-refractivity contribution in [3.05, 3.63) is 23.3 Å². The summed E-state index contributed by atoms with van der Waals surface area (Å²) in [4.78, 5) is 1.33. The zero-order valence-electron chi connectivity index (χ0n) is 10.9. The van der Waals surface area contributed by atoms with Gasteiger partial charge >= 0.3 is 0 Å². The van der Waals surface area contributed by atoms with Gasteiger partial charge in [0.15, 0.2) is 0 Å². The molecule has 1 saturated carbocycles. The number of hydrogen-bond acceptors (Lipinski definition) is 3. The number of hydrogen-bond donors (Lipinski definition) is 1. The summed E-state index contributed by atoms with van der Waals surface area (Å²) in [6, 6.07) is 4.40. The molecule has 0 amide bonds. The fraction of sp³-hybridized carbons (Fsp3) is 0.571. The second kappa shape index (κ2) is 4.91. The van der Waals surface area contributed by atoms with E-state index in [2.05, 4.69) is 25.3 Å². The van der Waals surface area contributed by atoms with Gasteiger partial charge in [0.25, 0.3) is 0 Å². The van der Waals surface area contributed by atoms with Gasteiger partial charge in [-0.2, -0.15) is 0 Å². The van der Waals surface area contributed by atoms with Gasteiger partial charge in [-0.3, -0.25) is 0 Å². The number of thioether (sulfide) groups is 1. The van der Waals surface area contributed by atoms with E-state index in [9.17, 15) is 0 Å². The first kappa shape index (κ1) is 12.8. The SMILES string of the molecule is CCc1cc(OC)c(C2(N)CCC2)cc1SC. The summed E-state index contributed by atoms with van der Waals surface area (Å²) in [6.07, 6.45) is 6.52. The van der Waals surface area contributed by atoms with E-state index in [1.165, 1.54) is 22.4 Å². The molecular weight excluding hydrogens is 230 g/mol. The highest BCUT2D eigenvalue weighted by molar-refractivity contribution is 7.98. The second-order valence-electron chi connectivity index (χ2n) is 4.73. The van der Waals surface area contributed by atoms with Crippen LogP contribution in [0.15, 0.2) is 17.0 Å². The van der Waals surface area contributed by atoms with Crippen molar-refractivity contribution in [2.75, 3.05) is 13.4 Å². The molecule has 0 aromatic heterocycles. The molecule has 0 bridgehead atoms. The maximum absolute atomic E-state index is 6.43. The van der Waals surface area contributed by atoms with Crippen molar-refractivity contribution in [2.45, 2.75) is 43.0 Å². The van der Waals surface area contributed by atoms with E-state index in [0.717, 1.165) is 25.0 Å². The largest absolute Gasteiger partial charge is 0.496 e. The minimum Gasteiger partial charge on any atom is -0.496 e. The van der Waals surface area contributed by atoms with Crippen LogP contribution in [0.5, 0.6) is 5.75 Å². The summed E-state index contributed by atoms with van der Waals surface area (Å²) >= 11 is 1.79. The molecule has 2 nitrogen and oxygen atoms in total. The molecule has 0 unspecified atom stereocenters. The van der Waals surface area contributed by atoms with Crippen LogP contribution >= 0.6 is 11.8 Å². The Labute approximate surface area is 108 Å². The van der Waals surface area contributed by atoms with Gasteiger partial charge in [0.1, 0.15) is 5.75 Å². The lowest BCUT2D eigenvalue weighted by atomic mass is 9.72. The second-order valence-corrected chi connectivity index (χ2v) is 5.58. The van der Waals surface area contributed by atoms with Gasteiger partial charge in [0.05, 0.1) is 7.11 Å². The van der Waals surface area contributed by atoms with E-state index >= 15 is 0 Å². The van der Waals surface area contributed by atoms with Crippen LogP contribution in [0.25, 0.3) is 0 Å². The van der Waals surface area contributed by atoms with Gasteiger partial charge in [-0.25, -0.2) is 0 Å². The number of aryl methyl sites for hydroxylation is 1. The topological polar surface area (TPSA) is 35.2 Å². The average Bonchev–Trinajstić information content (AvgIpc) is 2.34. The molecule has 0 radical (unpaired) electrons. The molecule has 1 aromatic rings. The summed E-state index contributed by atoms with van der Waals surface area (Å²) in [6.45, 7) is 2.18. The van der Waals surface area contributed by atoms with Crippen LogP contribution in [0.1, 0.15) is 37.3 Å². The zero-order valence-corrected chi connectivity index (χ0v) is 11.7. The highest BCUT2D eigenvalue weighted by Crippen LogP contribution is 2.44. The molecular formula is C14H21NOS. The fourth-order valence-electron chi connectivity index (χ4n) is 2.45. The van der Waals surface area contributed by atoms with E-state index in [4.69, 9.17) is 10.5 Å². The summed E-state index contributed by atoms with van der Waals surface area (Å²) in [5.41, 5.74) is 8.81. The van der Waals surface area contributed by atoms with Crippen molar-refractivity contribution in [1.82, 2.24) is 0 Å². The molecule has 17 heavy (non-hydrogen) atoms. The predicted octanol–water partition coefficient (Wildman–Crippen LogP) is 3.32. The monoisotopic (exact) mass is 251 g/mol. The number of ether oxygens (including phenoxy) is 1. The normalized spacial score (nSPS) is 17.6. The van der Waals surface area contributed by atoms with E-state index in [1.807, 2.05) is 0 Å². The highest BCUT2D eigenvalue weighted by Gasteiger charge is 2.37. The Bertz CT molecular complexity index is 413. The van der Waals surface area contributed by atoms with Gasteiger partial charge in [0.2, 0.25) is 0 Å². The van der Waals surface area contributed by atoms with Crippen molar-refractivity contribution in [3.8, 4) is 5.75 Å². The predicted molar refractivity (Wildman–Crippen MR) is 73.9 cm³/mol. The van der Waals surface area contributed by atoms with Crippen LogP contribution in [0, 0.1) is 0 Å². The Morgan fingerprint density at radius 2 is 2.12 bits per heavy atom. The summed E-state index contributed by atoms with van der Waals surface area (Å²) in [7, 11) is 1.74. The molecule has 2 rings (SSSR count). The highest BCUT2D eigenvalue weighted by atomic mass is 32.2. The summed E-state index contributed by atoms with van der Waals surface area (Å²) in [5.74, 6) is 0.960. The third-order valence-corrected chi connectivity index (χ3v) is 4.59. The lowest BCUT2D eigenvalue weighted by molar-refractivity contribution is 0.243. The van der Waals surface area contributed by atoms with Crippen LogP contribution in [-0.2, 0) is 12.0 Å². The molecule has 94 valence electrons. The molecule has 3 heteroatoms. The number of rotatable bonds is 4. The Kier molecular flexibility index (Phi) is 3.69. The molecule has 0 heterocycles. The minimum atomic E-state index is -0.151. The maximum atomic E-state index is 6.43. The standard InChI is InChI=1S/C14H21NOS/c1-4-10-8-12(16-2)11(9-13(10)17-3)14(15)6-5-7-14/h8-9H,4-7,15H2,1-3H3. The van der Waals surface area contributed by atoms with Gasteiger partial charge < -0.3 is 10.5 Å². The Balaban J connectivity index is 2.49. The van der Waals surface area contributed by atoms with Crippen LogP contribution < -0.4 is 10.5 Å². The quantitative estimate of drug-likeness (QED) is 0.834. The first-order valence-electron chi connectivity index (χ1n) is 6.19. The van der Waals surface area contributed by atoms with Crippen molar-refractivity contribution in [1.29, 1.82) is 0 Å². The summed E-state index contributed by atoms with van der Waals surface area (Å²) < 4.78 is 5.52. The number of methoxy groups -OCH3 is 1. The Morgan fingerprint density at radius 3 is 2.53 bits per heavy atom. The van der Waals surface area contributed by atoms with Crippen LogP contribution in [-0.4, -0.2) is 13.4 Å². The van der Waals surface area contributed by atoms with E-state index in [-0.39, 0.29) is 5.54 Å². The van der Waals surface area contributed by atoms with Crippen molar-refractivity contribution < 1.29 is 4.74 Å². The molecule has 1 fully saturated rings. The Hall–Kier alpha value is -0.670. The maximum Gasteiger partial charge on any atom is 0.124 e. The average molecular weight is 251 g/mol. The third kappa shape index (κ3) is 2.18. The van der Waals surface area contributed by atoms with Gasteiger partial charge in [-0.05, 0) is 49.6 Å². The molecule has 0 atom stereocenters. The first-order chi connectivity index (χ1) is 8.14. The zero-order chi connectivity index (χ0) is 12.5. The molecule has 2 N–H and O–H groups in total. The lowest BCUT2D eigenvalue weighted by Gasteiger charge is -2.39. The number of benzene rings is 1. The molecule has 0 aliphatic heterocycles. The molecule has 0 spiro atoms. The van der Waals surface area contributed by atoms with Crippen LogP contribution in [0.2, 0.25) is 0 Å². The smallest absolute Gasteiger partial charge is 0.124 e.